The Morgan fingerprint density at radius 3 is 2.63 bits per heavy atom. The van der Waals surface area contributed by atoms with Gasteiger partial charge in [0.1, 0.15) is 5.60 Å². The molecule has 0 aliphatic rings. The van der Waals surface area contributed by atoms with Gasteiger partial charge in [-0.2, -0.15) is 0 Å². The molecule has 0 saturated carbocycles. The Bertz CT molecular complexity index is 439. The van der Waals surface area contributed by atoms with Gasteiger partial charge in [-0.15, -0.1) is 0 Å². The first-order chi connectivity index (χ1) is 8.81. The van der Waals surface area contributed by atoms with E-state index in [0.29, 0.717) is 25.2 Å². The van der Waals surface area contributed by atoms with Crippen molar-refractivity contribution < 1.29 is 9.53 Å². The summed E-state index contributed by atoms with van der Waals surface area (Å²) < 4.78 is 5.15. The second kappa shape index (κ2) is 6.43. The SMILES string of the molecule is CC(C)(C)OC(=O)NCCc1ccc(N)c(CN)c1. The maximum Gasteiger partial charge on any atom is 0.407 e. The van der Waals surface area contributed by atoms with Gasteiger partial charge in [0.15, 0.2) is 0 Å². The van der Waals surface area contributed by atoms with Crippen LogP contribution in [0.15, 0.2) is 18.2 Å². The number of amides is 1. The zero-order chi connectivity index (χ0) is 14.5. The van der Waals surface area contributed by atoms with Crippen LogP contribution in [0.5, 0.6) is 0 Å². The normalized spacial score (nSPS) is 11.2. The molecular formula is C14H23N3O2. The second-order valence-electron chi connectivity index (χ2n) is 5.42. The third kappa shape index (κ3) is 5.61. The molecule has 106 valence electrons. The van der Waals surface area contributed by atoms with E-state index in [-0.39, 0.29) is 0 Å². The van der Waals surface area contributed by atoms with Crippen molar-refractivity contribution in [3.63, 3.8) is 0 Å². The third-order valence-electron chi connectivity index (χ3n) is 2.51. The van der Waals surface area contributed by atoms with E-state index < -0.39 is 11.7 Å². The molecule has 0 atom stereocenters. The lowest BCUT2D eigenvalue weighted by Crippen LogP contribution is -2.33. The van der Waals surface area contributed by atoms with Crippen LogP contribution >= 0.6 is 0 Å². The van der Waals surface area contributed by atoms with Crippen LogP contribution in [-0.2, 0) is 17.7 Å². The first-order valence-corrected chi connectivity index (χ1v) is 6.36. The Labute approximate surface area is 114 Å². The number of nitrogens with one attached hydrogen (secondary N) is 1. The Balaban J connectivity index is 2.43. The number of hydrogen-bond acceptors (Lipinski definition) is 4. The first kappa shape index (κ1) is 15.3. The van der Waals surface area contributed by atoms with E-state index in [1.807, 2.05) is 39.0 Å². The number of anilines is 1. The molecule has 1 aromatic carbocycles. The topological polar surface area (TPSA) is 90.4 Å². The number of benzene rings is 1. The lowest BCUT2D eigenvalue weighted by Gasteiger charge is -2.19. The van der Waals surface area contributed by atoms with Crippen LogP contribution in [0.4, 0.5) is 10.5 Å². The summed E-state index contributed by atoms with van der Waals surface area (Å²) in [6.07, 6.45) is 0.314. The number of ether oxygens (including phenoxy) is 1. The van der Waals surface area contributed by atoms with E-state index in [9.17, 15) is 4.79 Å². The zero-order valence-electron chi connectivity index (χ0n) is 11.8. The number of carbonyl (C=O) groups is 1. The van der Waals surface area contributed by atoms with Crippen molar-refractivity contribution in [3.8, 4) is 0 Å². The fraction of sp³-hybridized carbons (Fsp3) is 0.500. The molecule has 19 heavy (non-hydrogen) atoms. The number of nitrogen functional groups attached to an aromatic ring is 1. The highest BCUT2D eigenvalue weighted by Gasteiger charge is 2.15. The molecule has 5 N–H and O–H groups in total. The van der Waals surface area contributed by atoms with Crippen LogP contribution in [0.25, 0.3) is 0 Å². The minimum atomic E-state index is -0.474. The fourth-order valence-corrected chi connectivity index (χ4v) is 1.61. The molecule has 5 heteroatoms. The molecule has 1 rings (SSSR count). The largest absolute Gasteiger partial charge is 0.444 e. The second-order valence-corrected chi connectivity index (χ2v) is 5.42. The first-order valence-electron chi connectivity index (χ1n) is 6.36. The van der Waals surface area contributed by atoms with Gasteiger partial charge < -0.3 is 21.5 Å². The fourth-order valence-electron chi connectivity index (χ4n) is 1.61. The predicted octanol–water partition coefficient (Wildman–Crippen LogP) is 1.79. The van der Waals surface area contributed by atoms with Gasteiger partial charge in [-0.3, -0.25) is 0 Å². The van der Waals surface area contributed by atoms with E-state index in [4.69, 9.17) is 16.2 Å². The smallest absolute Gasteiger partial charge is 0.407 e. The van der Waals surface area contributed by atoms with Gasteiger partial charge in [-0.25, -0.2) is 4.79 Å². The standard InChI is InChI=1S/C14H23N3O2/c1-14(2,3)19-13(18)17-7-6-10-4-5-12(16)11(8-10)9-15/h4-5,8H,6-7,9,15-16H2,1-3H3,(H,17,18). The minimum Gasteiger partial charge on any atom is -0.444 e. The van der Waals surface area contributed by atoms with E-state index in [0.717, 1.165) is 11.1 Å². The molecule has 0 saturated heterocycles. The lowest BCUT2D eigenvalue weighted by atomic mass is 10.1. The average molecular weight is 265 g/mol. The zero-order valence-corrected chi connectivity index (χ0v) is 11.8. The number of carbonyl (C=O) groups excluding carboxylic acids is 1. The van der Waals surface area contributed by atoms with Crippen molar-refractivity contribution in [1.29, 1.82) is 0 Å². The summed E-state index contributed by atoms with van der Waals surface area (Å²) in [7, 11) is 0. The number of hydrogen-bond donors (Lipinski definition) is 3. The summed E-state index contributed by atoms with van der Waals surface area (Å²) in [6.45, 7) is 6.43. The summed E-state index contributed by atoms with van der Waals surface area (Å²) in [6, 6.07) is 5.74. The highest BCUT2D eigenvalue weighted by atomic mass is 16.6. The number of nitrogens with two attached hydrogens (primary N) is 2. The molecule has 1 aromatic rings. The molecule has 0 aromatic heterocycles. The maximum absolute atomic E-state index is 11.5. The van der Waals surface area contributed by atoms with E-state index in [2.05, 4.69) is 5.32 Å². The van der Waals surface area contributed by atoms with Gasteiger partial charge in [-0.05, 0) is 44.4 Å². The van der Waals surface area contributed by atoms with Crippen molar-refractivity contribution in [2.75, 3.05) is 12.3 Å². The molecule has 0 bridgehead atoms. The van der Waals surface area contributed by atoms with Crippen LogP contribution in [-0.4, -0.2) is 18.2 Å². The van der Waals surface area contributed by atoms with Crippen molar-refractivity contribution in [1.82, 2.24) is 5.32 Å². The van der Waals surface area contributed by atoms with Crippen LogP contribution in [0.1, 0.15) is 31.9 Å². The Hall–Kier alpha value is -1.75. The average Bonchev–Trinajstić information content (AvgIpc) is 2.29. The van der Waals surface area contributed by atoms with Crippen LogP contribution < -0.4 is 16.8 Å². The molecule has 0 aliphatic carbocycles. The lowest BCUT2D eigenvalue weighted by molar-refractivity contribution is 0.0528. The molecule has 0 heterocycles. The molecular weight excluding hydrogens is 242 g/mol. The summed E-state index contributed by atoms with van der Waals surface area (Å²) in [5, 5.41) is 2.72. The van der Waals surface area contributed by atoms with Gasteiger partial charge in [0.25, 0.3) is 0 Å². The molecule has 0 aliphatic heterocycles. The van der Waals surface area contributed by atoms with Crippen LogP contribution in [0, 0.1) is 0 Å². The highest BCUT2D eigenvalue weighted by Crippen LogP contribution is 2.13. The third-order valence-corrected chi connectivity index (χ3v) is 2.51. The van der Waals surface area contributed by atoms with E-state index in [1.165, 1.54) is 0 Å². The molecule has 1 amide bonds. The van der Waals surface area contributed by atoms with Crippen molar-refractivity contribution in [2.45, 2.75) is 39.3 Å². The molecule has 0 unspecified atom stereocenters. The molecule has 0 fully saturated rings. The summed E-state index contributed by atoms with van der Waals surface area (Å²) >= 11 is 0. The van der Waals surface area contributed by atoms with Gasteiger partial charge in [0.2, 0.25) is 0 Å². The van der Waals surface area contributed by atoms with Crippen molar-refractivity contribution in [2.24, 2.45) is 5.73 Å². The van der Waals surface area contributed by atoms with Crippen molar-refractivity contribution in [3.05, 3.63) is 29.3 Å². The predicted molar refractivity (Wildman–Crippen MR) is 76.7 cm³/mol. The van der Waals surface area contributed by atoms with Gasteiger partial charge >= 0.3 is 6.09 Å². The monoisotopic (exact) mass is 265 g/mol. The Morgan fingerprint density at radius 1 is 1.37 bits per heavy atom. The van der Waals surface area contributed by atoms with Gasteiger partial charge in [-0.1, -0.05) is 12.1 Å². The summed E-state index contributed by atoms with van der Waals surface area (Å²) in [5.74, 6) is 0. The quantitative estimate of drug-likeness (QED) is 0.724. The van der Waals surface area contributed by atoms with Crippen LogP contribution in [0.2, 0.25) is 0 Å². The highest BCUT2D eigenvalue weighted by molar-refractivity contribution is 5.67. The minimum absolute atomic E-state index is 0.401. The summed E-state index contributed by atoms with van der Waals surface area (Å²) in [4.78, 5) is 11.5. The van der Waals surface area contributed by atoms with Crippen LogP contribution in [0.3, 0.4) is 0 Å². The van der Waals surface area contributed by atoms with E-state index in [1.54, 1.807) is 0 Å². The number of rotatable bonds is 4. The maximum atomic E-state index is 11.5. The summed E-state index contributed by atoms with van der Waals surface area (Å²) in [5.41, 5.74) is 13.6. The van der Waals surface area contributed by atoms with Crippen molar-refractivity contribution >= 4 is 11.8 Å². The van der Waals surface area contributed by atoms with Gasteiger partial charge in [0.05, 0.1) is 0 Å². The van der Waals surface area contributed by atoms with Gasteiger partial charge in [0, 0.05) is 18.8 Å². The Morgan fingerprint density at radius 2 is 2.05 bits per heavy atom. The van der Waals surface area contributed by atoms with E-state index >= 15 is 0 Å². The molecule has 0 spiro atoms. The number of alkyl carbamates (subject to hydrolysis) is 1. The Kier molecular flexibility index (Phi) is 5.18. The molecule has 0 radical (unpaired) electrons. The molecule has 5 nitrogen and oxygen atoms in total.